The molecule has 0 unspecified atom stereocenters. The van der Waals surface area contributed by atoms with E-state index in [4.69, 9.17) is 4.74 Å². The van der Waals surface area contributed by atoms with Gasteiger partial charge in [0.1, 0.15) is 12.4 Å². The first-order valence-corrected chi connectivity index (χ1v) is 8.27. The van der Waals surface area contributed by atoms with Crippen LogP contribution in [0.2, 0.25) is 0 Å². The van der Waals surface area contributed by atoms with Gasteiger partial charge in [-0.15, -0.1) is 11.3 Å². The maximum atomic E-state index is 12.5. The Labute approximate surface area is 149 Å². The summed E-state index contributed by atoms with van der Waals surface area (Å²) < 4.78 is 47.0. The molecule has 6 nitrogen and oxygen atoms in total. The van der Waals surface area contributed by atoms with E-state index in [1.54, 1.807) is 24.3 Å². The van der Waals surface area contributed by atoms with Gasteiger partial charge >= 0.3 is 12.1 Å². The Balaban J connectivity index is 1.50. The summed E-state index contributed by atoms with van der Waals surface area (Å²) in [7, 11) is 0. The molecule has 2 heterocycles. The first-order valence-electron chi connectivity index (χ1n) is 7.39. The summed E-state index contributed by atoms with van der Waals surface area (Å²) >= 11 is 1.35. The van der Waals surface area contributed by atoms with Gasteiger partial charge in [0.05, 0.1) is 11.4 Å². The topological polar surface area (TPSA) is 77.2 Å². The summed E-state index contributed by atoms with van der Waals surface area (Å²) in [6.45, 7) is 0.565. The molecule has 0 aliphatic rings. The van der Waals surface area contributed by atoms with Crippen molar-refractivity contribution in [2.24, 2.45) is 0 Å². The van der Waals surface area contributed by atoms with Crippen LogP contribution in [-0.2, 0) is 6.18 Å². The zero-order chi connectivity index (χ0) is 18.6. The lowest BCUT2D eigenvalue weighted by molar-refractivity contribution is -0.159. The zero-order valence-corrected chi connectivity index (χ0v) is 13.9. The lowest BCUT2D eigenvalue weighted by Gasteiger charge is -2.07. The molecular weight excluding hydrogens is 371 g/mol. The first-order chi connectivity index (χ1) is 12.4. The van der Waals surface area contributed by atoms with Gasteiger partial charge in [-0.25, -0.2) is 0 Å². The maximum absolute atomic E-state index is 12.5. The number of rotatable bonds is 6. The molecule has 0 aliphatic heterocycles. The highest BCUT2D eigenvalue weighted by Crippen LogP contribution is 2.29. The van der Waals surface area contributed by atoms with Gasteiger partial charge in [-0.3, -0.25) is 4.79 Å². The number of benzene rings is 1. The Bertz CT molecular complexity index is 861. The van der Waals surface area contributed by atoms with E-state index in [1.807, 2.05) is 5.38 Å². The number of aromatic nitrogens is 2. The molecule has 0 spiro atoms. The van der Waals surface area contributed by atoms with E-state index in [0.29, 0.717) is 22.7 Å². The number of alkyl halides is 3. The number of nitrogens with zero attached hydrogens (tertiary/aromatic N) is 2. The van der Waals surface area contributed by atoms with Crippen molar-refractivity contribution in [1.82, 2.24) is 15.5 Å². The van der Waals surface area contributed by atoms with Gasteiger partial charge in [-0.2, -0.15) is 18.2 Å². The Morgan fingerprint density at radius 3 is 2.62 bits per heavy atom. The molecule has 26 heavy (non-hydrogen) atoms. The van der Waals surface area contributed by atoms with Gasteiger partial charge in [0.15, 0.2) is 0 Å². The SMILES string of the molecule is O=C(NCCOc1ccc(-c2noc(C(F)(F)F)n2)cc1)c1cccs1. The second-order valence-corrected chi connectivity index (χ2v) is 5.97. The van der Waals surface area contributed by atoms with Crippen molar-refractivity contribution in [3.05, 3.63) is 52.5 Å². The molecule has 2 aromatic heterocycles. The number of thiophene rings is 1. The summed E-state index contributed by atoms with van der Waals surface area (Å²) in [6, 6.07) is 9.69. The van der Waals surface area contributed by atoms with Crippen LogP contribution in [-0.4, -0.2) is 29.2 Å². The van der Waals surface area contributed by atoms with Gasteiger partial charge < -0.3 is 14.6 Å². The van der Waals surface area contributed by atoms with Gasteiger partial charge in [0, 0.05) is 5.56 Å². The third-order valence-electron chi connectivity index (χ3n) is 3.18. The van der Waals surface area contributed by atoms with E-state index in [2.05, 4.69) is 20.0 Å². The van der Waals surface area contributed by atoms with Gasteiger partial charge in [-0.1, -0.05) is 11.2 Å². The van der Waals surface area contributed by atoms with E-state index < -0.39 is 12.1 Å². The van der Waals surface area contributed by atoms with E-state index in [1.165, 1.54) is 23.5 Å². The van der Waals surface area contributed by atoms with E-state index in [-0.39, 0.29) is 18.3 Å². The number of ether oxygens (including phenoxy) is 1. The quantitative estimate of drug-likeness (QED) is 0.658. The lowest BCUT2D eigenvalue weighted by atomic mass is 10.2. The fourth-order valence-corrected chi connectivity index (χ4v) is 2.62. The average molecular weight is 383 g/mol. The number of hydrogen-bond donors (Lipinski definition) is 1. The molecule has 3 rings (SSSR count). The molecule has 0 radical (unpaired) electrons. The molecule has 0 saturated carbocycles. The Morgan fingerprint density at radius 1 is 1.23 bits per heavy atom. The molecule has 0 saturated heterocycles. The van der Waals surface area contributed by atoms with Crippen LogP contribution in [0.15, 0.2) is 46.3 Å². The predicted octanol–water partition coefficient (Wildman–Crippen LogP) is 3.63. The van der Waals surface area contributed by atoms with Gasteiger partial charge in [-0.05, 0) is 35.7 Å². The first kappa shape index (κ1) is 17.9. The second-order valence-electron chi connectivity index (χ2n) is 5.03. The average Bonchev–Trinajstić information content (AvgIpc) is 3.30. The van der Waals surface area contributed by atoms with Crippen LogP contribution < -0.4 is 10.1 Å². The normalized spacial score (nSPS) is 11.3. The monoisotopic (exact) mass is 383 g/mol. The minimum Gasteiger partial charge on any atom is -0.492 e. The van der Waals surface area contributed by atoms with Crippen LogP contribution >= 0.6 is 11.3 Å². The third kappa shape index (κ3) is 4.39. The number of carbonyl (C=O) groups is 1. The van der Waals surface area contributed by atoms with Crippen molar-refractivity contribution in [3.63, 3.8) is 0 Å². The highest BCUT2D eigenvalue weighted by atomic mass is 32.1. The second kappa shape index (κ2) is 7.56. The maximum Gasteiger partial charge on any atom is 0.471 e. The van der Waals surface area contributed by atoms with Crippen LogP contribution in [0, 0.1) is 0 Å². The number of hydrogen-bond acceptors (Lipinski definition) is 6. The van der Waals surface area contributed by atoms with E-state index in [0.717, 1.165) is 0 Å². The fraction of sp³-hybridized carbons (Fsp3) is 0.188. The summed E-state index contributed by atoms with van der Waals surface area (Å²) in [6.07, 6.45) is -4.68. The van der Waals surface area contributed by atoms with Gasteiger partial charge in [0.25, 0.3) is 5.91 Å². The molecule has 136 valence electrons. The highest BCUT2D eigenvalue weighted by molar-refractivity contribution is 7.12. The lowest BCUT2D eigenvalue weighted by Crippen LogP contribution is -2.27. The summed E-state index contributed by atoms with van der Waals surface area (Å²) in [5, 5.41) is 7.84. The molecule has 0 aliphatic carbocycles. The van der Waals surface area contributed by atoms with Crippen molar-refractivity contribution in [2.45, 2.75) is 6.18 Å². The summed E-state index contributed by atoms with van der Waals surface area (Å²) in [4.78, 5) is 15.7. The Kier molecular flexibility index (Phi) is 5.21. The van der Waals surface area contributed by atoms with Crippen molar-refractivity contribution in [1.29, 1.82) is 0 Å². The number of halogens is 3. The fourth-order valence-electron chi connectivity index (χ4n) is 1.98. The smallest absolute Gasteiger partial charge is 0.471 e. The molecule has 1 amide bonds. The van der Waals surface area contributed by atoms with E-state index >= 15 is 0 Å². The van der Waals surface area contributed by atoms with Crippen LogP contribution in [0.25, 0.3) is 11.4 Å². The minimum atomic E-state index is -4.68. The Hall–Kier alpha value is -2.88. The molecule has 10 heteroatoms. The zero-order valence-electron chi connectivity index (χ0n) is 13.1. The molecule has 0 atom stereocenters. The Morgan fingerprint density at radius 2 is 2.00 bits per heavy atom. The molecule has 1 N–H and O–H groups in total. The summed E-state index contributed by atoms with van der Waals surface area (Å²) in [5.74, 6) is -1.23. The van der Waals surface area contributed by atoms with Crippen molar-refractivity contribution in [2.75, 3.05) is 13.2 Å². The standard InChI is InChI=1S/C16H12F3N3O3S/c17-16(18,19)15-21-13(22-25-15)10-3-5-11(6-4-10)24-8-7-20-14(23)12-2-1-9-26-12/h1-6,9H,7-8H2,(H,20,23). The third-order valence-corrected chi connectivity index (χ3v) is 4.05. The number of carbonyl (C=O) groups excluding carboxylic acids is 1. The number of nitrogens with one attached hydrogen (secondary N) is 1. The molecule has 0 bridgehead atoms. The van der Waals surface area contributed by atoms with Gasteiger partial charge in [0.2, 0.25) is 5.82 Å². The largest absolute Gasteiger partial charge is 0.492 e. The van der Waals surface area contributed by atoms with E-state index in [9.17, 15) is 18.0 Å². The predicted molar refractivity (Wildman–Crippen MR) is 86.9 cm³/mol. The molecule has 1 aromatic carbocycles. The molecule has 3 aromatic rings. The van der Waals surface area contributed by atoms with Crippen molar-refractivity contribution in [3.8, 4) is 17.1 Å². The van der Waals surface area contributed by atoms with Crippen LogP contribution in [0.3, 0.4) is 0 Å². The van der Waals surface area contributed by atoms with Crippen molar-refractivity contribution < 1.29 is 27.2 Å². The highest BCUT2D eigenvalue weighted by Gasteiger charge is 2.38. The van der Waals surface area contributed by atoms with Crippen LogP contribution in [0.4, 0.5) is 13.2 Å². The van der Waals surface area contributed by atoms with Crippen LogP contribution in [0.1, 0.15) is 15.6 Å². The summed E-state index contributed by atoms with van der Waals surface area (Å²) in [5.41, 5.74) is 0.364. The molecular formula is C16H12F3N3O3S. The minimum absolute atomic E-state index is 0.160. The molecule has 0 fully saturated rings. The number of amides is 1. The van der Waals surface area contributed by atoms with Crippen molar-refractivity contribution >= 4 is 17.2 Å². The van der Waals surface area contributed by atoms with Crippen LogP contribution in [0.5, 0.6) is 5.75 Å².